The maximum Gasteiger partial charge on any atom is 0.224 e. The summed E-state index contributed by atoms with van der Waals surface area (Å²) in [5, 5.41) is 2.97. The van der Waals surface area contributed by atoms with Crippen molar-refractivity contribution in [2.75, 3.05) is 11.9 Å². The Hall–Kier alpha value is -1.26. The quantitative estimate of drug-likeness (QED) is 0.837. The van der Waals surface area contributed by atoms with Crippen LogP contribution in [0.2, 0.25) is 0 Å². The standard InChI is InChI=1S/C17H26N2O2.ClH/c1-2-11-21-16-10-6-5-9-15(16)19-17(20)12-13-7-3-4-8-14(13)18;/h5-6,9-10,13-14H,2-4,7-8,11-12,18H2,1H3,(H,19,20);1H. The van der Waals surface area contributed by atoms with E-state index in [0.717, 1.165) is 30.7 Å². The lowest BCUT2D eigenvalue weighted by molar-refractivity contribution is -0.117. The van der Waals surface area contributed by atoms with E-state index in [-0.39, 0.29) is 24.4 Å². The summed E-state index contributed by atoms with van der Waals surface area (Å²) in [7, 11) is 0. The highest BCUT2D eigenvalue weighted by Crippen LogP contribution is 2.28. The molecule has 1 fully saturated rings. The van der Waals surface area contributed by atoms with Crippen molar-refractivity contribution in [2.24, 2.45) is 11.7 Å². The molecule has 0 heterocycles. The second-order valence-electron chi connectivity index (χ2n) is 5.81. The van der Waals surface area contributed by atoms with Crippen LogP contribution in [0.5, 0.6) is 5.75 Å². The monoisotopic (exact) mass is 326 g/mol. The number of para-hydroxylation sites is 2. The van der Waals surface area contributed by atoms with E-state index in [2.05, 4.69) is 12.2 Å². The number of hydrogen-bond acceptors (Lipinski definition) is 3. The third kappa shape index (κ3) is 5.50. The minimum atomic E-state index is 0. The maximum absolute atomic E-state index is 12.2. The highest BCUT2D eigenvalue weighted by molar-refractivity contribution is 5.92. The Bertz CT molecular complexity index is 468. The van der Waals surface area contributed by atoms with Crippen LogP contribution in [0.25, 0.3) is 0 Å². The first-order valence-corrected chi connectivity index (χ1v) is 7.98. The Morgan fingerprint density at radius 1 is 1.32 bits per heavy atom. The molecule has 0 aliphatic heterocycles. The van der Waals surface area contributed by atoms with E-state index in [1.54, 1.807) is 0 Å². The molecule has 0 saturated heterocycles. The van der Waals surface area contributed by atoms with E-state index in [0.29, 0.717) is 18.9 Å². The first kappa shape index (κ1) is 18.8. The largest absolute Gasteiger partial charge is 0.491 e. The van der Waals surface area contributed by atoms with Crippen LogP contribution < -0.4 is 15.8 Å². The number of rotatable bonds is 6. The van der Waals surface area contributed by atoms with Gasteiger partial charge in [0.15, 0.2) is 0 Å². The minimum Gasteiger partial charge on any atom is -0.491 e. The Labute approximate surface area is 139 Å². The maximum atomic E-state index is 12.2. The molecule has 1 aliphatic rings. The zero-order chi connectivity index (χ0) is 15.1. The summed E-state index contributed by atoms with van der Waals surface area (Å²) in [4.78, 5) is 12.2. The minimum absolute atomic E-state index is 0. The summed E-state index contributed by atoms with van der Waals surface area (Å²) in [5.74, 6) is 1.08. The lowest BCUT2D eigenvalue weighted by Crippen LogP contribution is -2.35. The van der Waals surface area contributed by atoms with Gasteiger partial charge in [-0.15, -0.1) is 12.4 Å². The second-order valence-corrected chi connectivity index (χ2v) is 5.81. The fourth-order valence-corrected chi connectivity index (χ4v) is 2.84. The van der Waals surface area contributed by atoms with Crippen LogP contribution in [0.4, 0.5) is 5.69 Å². The van der Waals surface area contributed by atoms with E-state index in [9.17, 15) is 4.79 Å². The van der Waals surface area contributed by atoms with Gasteiger partial charge in [0.2, 0.25) is 5.91 Å². The molecule has 2 unspecified atom stereocenters. The van der Waals surface area contributed by atoms with E-state index >= 15 is 0 Å². The molecular formula is C17H27ClN2O2. The summed E-state index contributed by atoms with van der Waals surface area (Å²) in [6.45, 7) is 2.71. The van der Waals surface area contributed by atoms with Crippen molar-refractivity contribution in [1.82, 2.24) is 0 Å². The lowest BCUT2D eigenvalue weighted by atomic mass is 9.83. The summed E-state index contributed by atoms with van der Waals surface area (Å²) in [6, 6.07) is 7.75. The fourth-order valence-electron chi connectivity index (χ4n) is 2.84. The molecule has 0 aromatic heterocycles. The Kier molecular flexibility index (Phi) is 8.28. The summed E-state index contributed by atoms with van der Waals surface area (Å²) < 4.78 is 5.66. The van der Waals surface area contributed by atoms with Gasteiger partial charge in [-0.3, -0.25) is 4.79 Å². The third-order valence-corrected chi connectivity index (χ3v) is 4.04. The topological polar surface area (TPSA) is 64.3 Å². The van der Waals surface area contributed by atoms with Gasteiger partial charge < -0.3 is 15.8 Å². The van der Waals surface area contributed by atoms with Gasteiger partial charge in [-0.1, -0.05) is 31.9 Å². The average molecular weight is 327 g/mol. The molecular weight excluding hydrogens is 300 g/mol. The number of nitrogens with two attached hydrogens (primary N) is 1. The first-order valence-electron chi connectivity index (χ1n) is 7.98. The normalized spacial score (nSPS) is 20.8. The fraction of sp³-hybridized carbons (Fsp3) is 0.588. The van der Waals surface area contributed by atoms with E-state index in [1.807, 2.05) is 24.3 Å². The zero-order valence-corrected chi connectivity index (χ0v) is 14.0. The van der Waals surface area contributed by atoms with E-state index in [4.69, 9.17) is 10.5 Å². The predicted octanol–water partition coefficient (Wildman–Crippen LogP) is 3.74. The molecule has 3 N–H and O–H groups in total. The molecule has 2 atom stereocenters. The van der Waals surface area contributed by atoms with Crippen LogP contribution in [0.3, 0.4) is 0 Å². The number of carbonyl (C=O) groups is 1. The van der Waals surface area contributed by atoms with Crippen molar-refractivity contribution < 1.29 is 9.53 Å². The number of nitrogens with one attached hydrogen (secondary N) is 1. The summed E-state index contributed by atoms with van der Waals surface area (Å²) in [6.07, 6.45) is 5.91. The Morgan fingerprint density at radius 2 is 2.05 bits per heavy atom. The summed E-state index contributed by atoms with van der Waals surface area (Å²) in [5.41, 5.74) is 6.86. The molecule has 0 spiro atoms. The molecule has 1 aromatic carbocycles. The zero-order valence-electron chi connectivity index (χ0n) is 13.2. The predicted molar refractivity (Wildman–Crippen MR) is 92.7 cm³/mol. The van der Waals surface area contributed by atoms with Crippen LogP contribution in [0, 0.1) is 5.92 Å². The van der Waals surface area contributed by atoms with Crippen molar-refractivity contribution in [3.05, 3.63) is 24.3 Å². The third-order valence-electron chi connectivity index (χ3n) is 4.04. The number of halogens is 1. The van der Waals surface area contributed by atoms with Crippen molar-refractivity contribution in [1.29, 1.82) is 0 Å². The second kappa shape index (κ2) is 9.70. The highest BCUT2D eigenvalue weighted by Gasteiger charge is 2.24. The Morgan fingerprint density at radius 3 is 2.77 bits per heavy atom. The molecule has 1 saturated carbocycles. The molecule has 22 heavy (non-hydrogen) atoms. The van der Waals surface area contributed by atoms with Crippen LogP contribution in [0.15, 0.2) is 24.3 Å². The molecule has 1 amide bonds. The summed E-state index contributed by atoms with van der Waals surface area (Å²) >= 11 is 0. The van der Waals surface area contributed by atoms with Gasteiger partial charge >= 0.3 is 0 Å². The smallest absolute Gasteiger partial charge is 0.224 e. The van der Waals surface area contributed by atoms with Gasteiger partial charge in [0.1, 0.15) is 5.75 Å². The lowest BCUT2D eigenvalue weighted by Gasteiger charge is -2.28. The Balaban J connectivity index is 0.00000242. The number of amides is 1. The number of benzene rings is 1. The highest BCUT2D eigenvalue weighted by atomic mass is 35.5. The molecule has 5 heteroatoms. The SMILES string of the molecule is CCCOc1ccccc1NC(=O)CC1CCCCC1N.Cl. The van der Waals surface area contributed by atoms with Crippen LogP contribution in [-0.4, -0.2) is 18.6 Å². The number of carbonyl (C=O) groups excluding carboxylic acids is 1. The van der Waals surface area contributed by atoms with Gasteiger partial charge in [-0.05, 0) is 37.3 Å². The molecule has 1 aromatic rings. The molecule has 124 valence electrons. The van der Waals surface area contributed by atoms with Crippen molar-refractivity contribution in [3.8, 4) is 5.75 Å². The first-order chi connectivity index (χ1) is 10.2. The van der Waals surface area contributed by atoms with Crippen LogP contribution in [0.1, 0.15) is 45.4 Å². The number of ether oxygens (including phenoxy) is 1. The van der Waals surface area contributed by atoms with Crippen molar-refractivity contribution >= 4 is 24.0 Å². The van der Waals surface area contributed by atoms with Crippen molar-refractivity contribution in [3.63, 3.8) is 0 Å². The number of hydrogen-bond donors (Lipinski definition) is 2. The number of anilines is 1. The van der Waals surface area contributed by atoms with Crippen LogP contribution >= 0.6 is 12.4 Å². The molecule has 0 bridgehead atoms. The van der Waals surface area contributed by atoms with Gasteiger partial charge in [0.25, 0.3) is 0 Å². The average Bonchev–Trinajstić information content (AvgIpc) is 2.49. The van der Waals surface area contributed by atoms with Gasteiger partial charge in [-0.2, -0.15) is 0 Å². The molecule has 2 rings (SSSR count). The van der Waals surface area contributed by atoms with E-state index in [1.165, 1.54) is 12.8 Å². The van der Waals surface area contributed by atoms with Crippen LogP contribution in [-0.2, 0) is 4.79 Å². The molecule has 4 nitrogen and oxygen atoms in total. The molecule has 0 radical (unpaired) electrons. The van der Waals surface area contributed by atoms with E-state index < -0.39 is 0 Å². The van der Waals surface area contributed by atoms with Crippen molar-refractivity contribution in [2.45, 2.75) is 51.5 Å². The van der Waals surface area contributed by atoms with Gasteiger partial charge in [0.05, 0.1) is 12.3 Å². The van der Waals surface area contributed by atoms with Gasteiger partial charge in [-0.25, -0.2) is 0 Å². The molecule has 1 aliphatic carbocycles. The van der Waals surface area contributed by atoms with Gasteiger partial charge in [0, 0.05) is 12.5 Å².